The number of benzene rings is 3. The number of aryl methyl sites for hydroxylation is 1. The van der Waals surface area contributed by atoms with Gasteiger partial charge in [-0.3, -0.25) is 9.69 Å². The van der Waals surface area contributed by atoms with Gasteiger partial charge in [-0.1, -0.05) is 68.9 Å². The maximum atomic E-state index is 13.2. The molecule has 0 unspecified atom stereocenters. The Hall–Kier alpha value is -4.65. The highest BCUT2D eigenvalue weighted by molar-refractivity contribution is 8.15. The normalized spacial score (nSPS) is 14.8. The lowest BCUT2D eigenvalue weighted by atomic mass is 9.93. The lowest BCUT2D eigenvalue weighted by molar-refractivity contribution is -0.274. The number of amidine groups is 1. The summed E-state index contributed by atoms with van der Waals surface area (Å²) in [6.07, 6.45) is -2.49. The molecule has 1 aromatic heterocycles. The van der Waals surface area contributed by atoms with Crippen LogP contribution < -0.4 is 15.0 Å². The van der Waals surface area contributed by atoms with Gasteiger partial charge in [-0.2, -0.15) is 4.99 Å². The molecule has 0 saturated carbocycles. The molecule has 0 atom stereocenters. The van der Waals surface area contributed by atoms with E-state index in [1.807, 2.05) is 50.2 Å². The van der Waals surface area contributed by atoms with E-state index in [1.54, 1.807) is 4.90 Å². The molecule has 9 nitrogen and oxygen atoms in total. The second-order valence-electron chi connectivity index (χ2n) is 11.5. The van der Waals surface area contributed by atoms with Crippen LogP contribution in [-0.2, 0) is 16.8 Å². The number of aromatic nitrogens is 3. The summed E-state index contributed by atoms with van der Waals surface area (Å²) in [6, 6.07) is 18.1. The van der Waals surface area contributed by atoms with Crippen molar-refractivity contribution in [1.29, 1.82) is 0 Å². The van der Waals surface area contributed by atoms with E-state index in [1.165, 1.54) is 47.0 Å². The molecule has 0 radical (unpaired) electrons. The van der Waals surface area contributed by atoms with Crippen molar-refractivity contribution in [3.8, 4) is 22.8 Å². The Morgan fingerprint density at radius 1 is 1.07 bits per heavy atom. The van der Waals surface area contributed by atoms with Crippen LogP contribution in [0, 0.1) is 0 Å². The third kappa shape index (κ3) is 7.41. The fourth-order valence-corrected chi connectivity index (χ4v) is 5.84. The van der Waals surface area contributed by atoms with Crippen LogP contribution in [0.3, 0.4) is 0 Å². The first kappa shape index (κ1) is 32.7. The molecule has 0 spiro atoms. The number of urea groups is 1. The highest BCUT2D eigenvalue weighted by atomic mass is 32.2. The van der Waals surface area contributed by atoms with E-state index >= 15 is 0 Å². The molecular formula is C33H33F3N6O3S. The Balaban J connectivity index is 1.29. The van der Waals surface area contributed by atoms with Crippen molar-refractivity contribution in [2.24, 2.45) is 4.99 Å². The Labute approximate surface area is 268 Å². The SMILES string of the molecule is CCc1ccc(C(C)C)c(N2C(=O)CSC2=NC(=O)NC(C)(C)c2ccc(-c3ncn(-c4ccc(OC(F)(F)F)cc4)n3)cc2)c1. The van der Waals surface area contributed by atoms with Gasteiger partial charge in [-0.25, -0.2) is 14.5 Å². The van der Waals surface area contributed by atoms with Crippen molar-refractivity contribution in [2.75, 3.05) is 10.7 Å². The molecule has 0 bridgehead atoms. The average Bonchev–Trinajstić information content (AvgIpc) is 3.63. The Bertz CT molecular complexity index is 1770. The number of carbonyl (C=O) groups excluding carboxylic acids is 2. The van der Waals surface area contributed by atoms with E-state index in [-0.39, 0.29) is 23.3 Å². The number of nitrogens with zero attached hydrogens (tertiary/aromatic N) is 5. The van der Waals surface area contributed by atoms with Gasteiger partial charge < -0.3 is 10.1 Å². The fourth-order valence-electron chi connectivity index (χ4n) is 4.98. The molecule has 13 heteroatoms. The maximum absolute atomic E-state index is 13.2. The predicted octanol–water partition coefficient (Wildman–Crippen LogP) is 7.60. The van der Waals surface area contributed by atoms with Crippen molar-refractivity contribution >= 4 is 34.6 Å². The summed E-state index contributed by atoms with van der Waals surface area (Å²) in [4.78, 5) is 36.4. The number of alkyl halides is 3. The van der Waals surface area contributed by atoms with Gasteiger partial charge in [-0.15, -0.1) is 18.3 Å². The van der Waals surface area contributed by atoms with Crippen molar-refractivity contribution in [3.63, 3.8) is 0 Å². The molecule has 3 amide bonds. The van der Waals surface area contributed by atoms with Crippen molar-refractivity contribution in [1.82, 2.24) is 20.1 Å². The number of thioether (sulfide) groups is 1. The number of aliphatic imine (C=N–C) groups is 1. The van der Waals surface area contributed by atoms with Gasteiger partial charge in [0.1, 0.15) is 12.1 Å². The standard InChI is InChI=1S/C33H33F3N6O3S/c1-6-21-7-16-26(20(2)3)27(17-21)42-28(43)18-46-31(42)38-30(44)39-32(4,5)23-10-8-22(9-11-23)29-37-19-41(40-29)24-12-14-25(15-13-24)45-33(34,35)36/h7-17,19-20H,6,18H2,1-5H3,(H,39,44). The molecule has 1 aliphatic rings. The lowest BCUT2D eigenvalue weighted by Crippen LogP contribution is -2.40. The Morgan fingerprint density at radius 2 is 1.76 bits per heavy atom. The van der Waals surface area contributed by atoms with Gasteiger partial charge in [0.05, 0.1) is 22.7 Å². The van der Waals surface area contributed by atoms with Crippen LogP contribution in [0.2, 0.25) is 0 Å². The summed E-state index contributed by atoms with van der Waals surface area (Å²) in [5.74, 6) is 0.333. The first-order valence-corrected chi connectivity index (χ1v) is 15.6. The Kier molecular flexibility index (Phi) is 9.24. The second kappa shape index (κ2) is 13.0. The van der Waals surface area contributed by atoms with Crippen LogP contribution in [0.1, 0.15) is 57.2 Å². The number of hydrogen-bond acceptors (Lipinski definition) is 6. The third-order valence-corrected chi connectivity index (χ3v) is 8.36. The van der Waals surface area contributed by atoms with Crippen LogP contribution in [0.4, 0.5) is 23.7 Å². The summed E-state index contributed by atoms with van der Waals surface area (Å²) < 4.78 is 42.7. The van der Waals surface area contributed by atoms with Gasteiger partial charge in [0.2, 0.25) is 5.91 Å². The minimum Gasteiger partial charge on any atom is -0.406 e. The summed E-state index contributed by atoms with van der Waals surface area (Å²) >= 11 is 1.24. The zero-order valence-electron chi connectivity index (χ0n) is 25.9. The zero-order valence-corrected chi connectivity index (χ0v) is 26.7. The van der Waals surface area contributed by atoms with Crippen LogP contribution in [0.25, 0.3) is 17.1 Å². The van der Waals surface area contributed by atoms with Crippen molar-refractivity contribution < 1.29 is 27.5 Å². The molecule has 3 aromatic carbocycles. The van der Waals surface area contributed by atoms with Crippen LogP contribution in [0.5, 0.6) is 5.75 Å². The third-order valence-electron chi connectivity index (χ3n) is 7.44. The molecular weight excluding hydrogens is 617 g/mol. The van der Waals surface area contributed by atoms with Gasteiger partial charge in [0.15, 0.2) is 11.0 Å². The first-order chi connectivity index (χ1) is 21.7. The van der Waals surface area contributed by atoms with Gasteiger partial charge in [0, 0.05) is 5.56 Å². The van der Waals surface area contributed by atoms with Gasteiger partial charge >= 0.3 is 12.4 Å². The molecule has 46 heavy (non-hydrogen) atoms. The average molecular weight is 651 g/mol. The number of hydrogen-bond donors (Lipinski definition) is 1. The molecule has 1 aliphatic heterocycles. The fraction of sp³-hybridized carbons (Fsp3) is 0.303. The van der Waals surface area contributed by atoms with Gasteiger partial charge in [-0.05, 0) is 73.2 Å². The number of nitrogens with one attached hydrogen (secondary N) is 1. The molecule has 2 heterocycles. The second-order valence-corrected chi connectivity index (χ2v) is 12.4. The van der Waals surface area contributed by atoms with E-state index in [4.69, 9.17) is 0 Å². The molecule has 0 aliphatic carbocycles. The van der Waals surface area contributed by atoms with Crippen molar-refractivity contribution in [3.05, 3.63) is 89.7 Å². The van der Waals surface area contributed by atoms with Gasteiger partial charge in [0.25, 0.3) is 0 Å². The number of ether oxygens (including phenoxy) is 1. The molecule has 1 N–H and O–H groups in total. The van der Waals surface area contributed by atoms with Crippen LogP contribution >= 0.6 is 11.8 Å². The van der Waals surface area contributed by atoms with Crippen LogP contribution in [0.15, 0.2) is 78.0 Å². The zero-order chi connectivity index (χ0) is 33.2. The molecule has 5 rings (SSSR count). The largest absolute Gasteiger partial charge is 0.573 e. The minimum atomic E-state index is -4.77. The first-order valence-electron chi connectivity index (χ1n) is 14.6. The minimum absolute atomic E-state index is 0.120. The topological polar surface area (TPSA) is 102 Å². The lowest BCUT2D eigenvalue weighted by Gasteiger charge is -2.26. The van der Waals surface area contributed by atoms with E-state index in [0.29, 0.717) is 22.2 Å². The summed E-state index contributed by atoms with van der Waals surface area (Å²) in [5, 5.41) is 7.74. The molecule has 1 saturated heterocycles. The van der Waals surface area contributed by atoms with E-state index < -0.39 is 17.9 Å². The number of carbonyl (C=O) groups is 2. The number of amides is 3. The molecule has 4 aromatic rings. The Morgan fingerprint density at radius 3 is 2.39 bits per heavy atom. The van der Waals surface area contributed by atoms with E-state index in [2.05, 4.69) is 52.0 Å². The maximum Gasteiger partial charge on any atom is 0.573 e. The summed E-state index contributed by atoms with van der Waals surface area (Å²) in [5.41, 5.74) is 4.06. The quantitative estimate of drug-likeness (QED) is 0.211. The smallest absolute Gasteiger partial charge is 0.406 e. The van der Waals surface area contributed by atoms with E-state index in [0.717, 1.165) is 28.8 Å². The number of rotatable bonds is 8. The molecule has 240 valence electrons. The summed E-state index contributed by atoms with van der Waals surface area (Å²) in [7, 11) is 0. The monoisotopic (exact) mass is 650 g/mol. The predicted molar refractivity (Wildman–Crippen MR) is 172 cm³/mol. The highest BCUT2D eigenvalue weighted by Gasteiger charge is 2.34. The molecule has 1 fully saturated rings. The number of halogens is 3. The van der Waals surface area contributed by atoms with Crippen LogP contribution in [-0.4, -0.2) is 44.0 Å². The highest BCUT2D eigenvalue weighted by Crippen LogP contribution is 2.35. The summed E-state index contributed by atoms with van der Waals surface area (Å²) in [6.45, 7) is 9.89. The van der Waals surface area contributed by atoms with Crippen molar-refractivity contribution in [2.45, 2.75) is 58.9 Å². The number of anilines is 1. The van der Waals surface area contributed by atoms with E-state index in [9.17, 15) is 22.8 Å².